The van der Waals surface area contributed by atoms with Crippen LogP contribution in [0.5, 0.6) is 5.75 Å². The second-order valence-corrected chi connectivity index (χ2v) is 8.38. The smallest absolute Gasteiger partial charge is 0.257 e. The molecule has 0 bridgehead atoms. The van der Waals surface area contributed by atoms with E-state index in [-0.39, 0.29) is 23.8 Å². The van der Waals surface area contributed by atoms with Gasteiger partial charge in [0.15, 0.2) is 5.65 Å². The van der Waals surface area contributed by atoms with Gasteiger partial charge in [-0.05, 0) is 42.8 Å². The van der Waals surface area contributed by atoms with E-state index in [2.05, 4.69) is 17.2 Å². The number of carbonyl (C=O) groups excluding carboxylic acids is 2. The van der Waals surface area contributed by atoms with Crippen molar-refractivity contribution in [3.05, 3.63) is 102 Å². The molecule has 37 heavy (non-hydrogen) atoms. The minimum Gasteiger partial charge on any atom is -0.495 e. The average Bonchev–Trinajstić information content (AvgIpc) is 3.22. The molecule has 0 spiro atoms. The molecule has 2 aromatic heterocycles. The van der Waals surface area contributed by atoms with Gasteiger partial charge in [-0.2, -0.15) is 0 Å². The van der Waals surface area contributed by atoms with E-state index in [0.717, 1.165) is 5.56 Å². The van der Waals surface area contributed by atoms with Gasteiger partial charge in [0, 0.05) is 12.1 Å². The van der Waals surface area contributed by atoms with Gasteiger partial charge in [0.1, 0.15) is 22.6 Å². The molecule has 8 heteroatoms. The zero-order valence-corrected chi connectivity index (χ0v) is 20.5. The summed E-state index contributed by atoms with van der Waals surface area (Å²) >= 11 is 0. The van der Waals surface area contributed by atoms with E-state index in [1.165, 1.54) is 0 Å². The fourth-order valence-electron chi connectivity index (χ4n) is 4.28. The lowest BCUT2D eigenvalue weighted by atomic mass is 10.1. The molecule has 0 saturated heterocycles. The molecule has 2 amide bonds. The molecule has 3 aromatic carbocycles. The quantitative estimate of drug-likeness (QED) is 0.310. The van der Waals surface area contributed by atoms with Crippen molar-refractivity contribution in [1.29, 1.82) is 0 Å². The minimum absolute atomic E-state index is 0.197. The van der Waals surface area contributed by atoms with Crippen LogP contribution in [0.1, 0.15) is 26.3 Å². The number of nitrogens with zero attached hydrogens (tertiary/aromatic N) is 3. The van der Waals surface area contributed by atoms with Crippen LogP contribution in [-0.4, -0.2) is 40.0 Å². The van der Waals surface area contributed by atoms with Gasteiger partial charge >= 0.3 is 0 Å². The largest absolute Gasteiger partial charge is 0.495 e. The molecule has 0 fully saturated rings. The zero-order valence-electron chi connectivity index (χ0n) is 20.5. The monoisotopic (exact) mass is 491 g/mol. The van der Waals surface area contributed by atoms with Gasteiger partial charge in [-0.3, -0.25) is 14.2 Å². The fourth-order valence-corrected chi connectivity index (χ4v) is 4.28. The van der Waals surface area contributed by atoms with E-state index in [1.807, 2.05) is 61.5 Å². The van der Waals surface area contributed by atoms with Gasteiger partial charge in [0.05, 0.1) is 23.8 Å². The summed E-state index contributed by atoms with van der Waals surface area (Å²) in [6, 6.07) is 22.0. The molecule has 0 unspecified atom stereocenters. The summed E-state index contributed by atoms with van der Waals surface area (Å²) in [4.78, 5) is 36.7. The number of anilines is 1. The molecule has 2 N–H and O–H groups in total. The highest BCUT2D eigenvalue weighted by Gasteiger charge is 2.29. The van der Waals surface area contributed by atoms with E-state index >= 15 is 0 Å². The summed E-state index contributed by atoms with van der Waals surface area (Å²) < 4.78 is 7.35. The Bertz CT molecular complexity index is 1670. The van der Waals surface area contributed by atoms with Crippen LogP contribution in [0.3, 0.4) is 0 Å². The van der Waals surface area contributed by atoms with E-state index < -0.39 is 5.91 Å². The number of methoxy groups -OCH3 is 1. The molecule has 0 atom stereocenters. The van der Waals surface area contributed by atoms with Crippen molar-refractivity contribution >= 4 is 39.8 Å². The molecule has 0 aliphatic heterocycles. The Labute approximate surface area is 213 Å². The summed E-state index contributed by atoms with van der Waals surface area (Å²) in [7, 11) is 1.56. The summed E-state index contributed by atoms with van der Waals surface area (Å²) in [6.45, 7) is 5.79. The number of hydrogen-bond donors (Lipinski definition) is 2. The Kier molecular flexibility index (Phi) is 6.38. The van der Waals surface area contributed by atoms with Crippen LogP contribution in [-0.2, 0) is 0 Å². The Hall–Kier alpha value is -4.98. The van der Waals surface area contributed by atoms with Crippen molar-refractivity contribution in [2.75, 3.05) is 19.0 Å². The van der Waals surface area contributed by atoms with Crippen molar-refractivity contribution in [1.82, 2.24) is 19.9 Å². The second kappa shape index (κ2) is 9.94. The summed E-state index contributed by atoms with van der Waals surface area (Å²) in [5.41, 5.74) is 4.13. The predicted molar refractivity (Wildman–Crippen MR) is 145 cm³/mol. The minimum atomic E-state index is -0.414. The number of ether oxygens (including phenoxy) is 1. The highest BCUT2D eigenvalue weighted by molar-refractivity contribution is 6.16. The third-order valence-electron chi connectivity index (χ3n) is 6.04. The number of nitrogens with one attached hydrogen (secondary N) is 2. The molecular formula is C29H25N5O3. The lowest BCUT2D eigenvalue weighted by molar-refractivity contribution is 0.0960. The third kappa shape index (κ3) is 4.29. The van der Waals surface area contributed by atoms with E-state index in [0.29, 0.717) is 39.2 Å². The maximum atomic E-state index is 13.5. The lowest BCUT2D eigenvalue weighted by Gasteiger charge is -2.16. The van der Waals surface area contributed by atoms with Crippen LogP contribution < -0.4 is 15.4 Å². The van der Waals surface area contributed by atoms with Crippen molar-refractivity contribution in [3.63, 3.8) is 0 Å². The molecule has 184 valence electrons. The van der Waals surface area contributed by atoms with Crippen molar-refractivity contribution in [2.45, 2.75) is 6.92 Å². The van der Waals surface area contributed by atoms with Gasteiger partial charge in [-0.15, -0.1) is 6.58 Å². The van der Waals surface area contributed by atoms with Crippen LogP contribution >= 0.6 is 0 Å². The number of rotatable bonds is 7. The molecule has 0 saturated carbocycles. The number of fused-ring (bicyclic) bond motifs is 2. The number of carbonyl (C=O) groups is 2. The van der Waals surface area contributed by atoms with Crippen LogP contribution in [0.4, 0.5) is 5.82 Å². The standard InChI is InChI=1S/C29H25N5O3/c1-4-17-30-29(36)24-25-27(32-21-14-8-7-13-20(21)31-25)34(22-15-9-10-16-23(22)37-3)26(24)33-28(35)19-12-6-5-11-18(19)2/h4-16H,1,17H2,2-3H3,(H,30,36)(H,33,35). The first kappa shape index (κ1) is 23.7. The van der Waals surface area contributed by atoms with Gasteiger partial charge in [-0.25, -0.2) is 9.97 Å². The van der Waals surface area contributed by atoms with Crippen molar-refractivity contribution in [3.8, 4) is 11.4 Å². The normalized spacial score (nSPS) is 10.9. The number of aryl methyl sites for hydroxylation is 1. The number of aromatic nitrogens is 3. The van der Waals surface area contributed by atoms with Crippen LogP contribution in [0.15, 0.2) is 85.5 Å². The molecule has 5 aromatic rings. The Morgan fingerprint density at radius 2 is 1.62 bits per heavy atom. The van der Waals surface area contributed by atoms with Crippen molar-refractivity contribution < 1.29 is 14.3 Å². The summed E-state index contributed by atoms with van der Waals surface area (Å²) in [5, 5.41) is 5.82. The Morgan fingerprint density at radius 3 is 2.35 bits per heavy atom. The number of amides is 2. The Morgan fingerprint density at radius 1 is 0.946 bits per heavy atom. The maximum Gasteiger partial charge on any atom is 0.257 e. The summed E-state index contributed by atoms with van der Waals surface area (Å²) in [6.07, 6.45) is 1.59. The fraction of sp³-hybridized carbons (Fsp3) is 0.103. The SMILES string of the molecule is C=CCNC(=O)c1c(NC(=O)c2ccccc2C)n(-c2ccccc2OC)c2nc3ccccc3nc12. The van der Waals surface area contributed by atoms with Gasteiger partial charge in [0.25, 0.3) is 11.8 Å². The molecule has 0 radical (unpaired) electrons. The Balaban J connectivity index is 1.85. The molecule has 8 nitrogen and oxygen atoms in total. The van der Waals surface area contributed by atoms with Gasteiger partial charge < -0.3 is 15.4 Å². The van der Waals surface area contributed by atoms with Crippen LogP contribution in [0.25, 0.3) is 27.9 Å². The highest BCUT2D eigenvalue weighted by Crippen LogP contribution is 2.36. The van der Waals surface area contributed by atoms with Crippen molar-refractivity contribution in [2.24, 2.45) is 0 Å². The molecule has 2 heterocycles. The van der Waals surface area contributed by atoms with E-state index in [9.17, 15) is 9.59 Å². The topological polar surface area (TPSA) is 98.1 Å². The third-order valence-corrected chi connectivity index (χ3v) is 6.04. The number of para-hydroxylation sites is 4. The van der Waals surface area contributed by atoms with E-state index in [4.69, 9.17) is 14.7 Å². The second-order valence-electron chi connectivity index (χ2n) is 8.38. The molecule has 5 rings (SSSR count). The number of benzene rings is 3. The van der Waals surface area contributed by atoms with Crippen LogP contribution in [0, 0.1) is 6.92 Å². The van der Waals surface area contributed by atoms with E-state index in [1.54, 1.807) is 36.0 Å². The molecular weight excluding hydrogens is 466 g/mol. The lowest BCUT2D eigenvalue weighted by Crippen LogP contribution is -2.25. The number of hydrogen-bond acceptors (Lipinski definition) is 5. The molecule has 0 aliphatic rings. The van der Waals surface area contributed by atoms with Crippen LogP contribution in [0.2, 0.25) is 0 Å². The first-order valence-electron chi connectivity index (χ1n) is 11.7. The predicted octanol–water partition coefficient (Wildman–Crippen LogP) is 5.06. The first-order chi connectivity index (χ1) is 18.0. The average molecular weight is 492 g/mol. The first-order valence-corrected chi connectivity index (χ1v) is 11.7. The van der Waals surface area contributed by atoms with Gasteiger partial charge in [-0.1, -0.05) is 48.5 Å². The zero-order chi connectivity index (χ0) is 25.9. The maximum absolute atomic E-state index is 13.5. The highest BCUT2D eigenvalue weighted by atomic mass is 16.5. The molecule has 0 aliphatic carbocycles. The summed E-state index contributed by atoms with van der Waals surface area (Å²) in [5.74, 6) is 0.00557. The van der Waals surface area contributed by atoms with Gasteiger partial charge in [0.2, 0.25) is 0 Å².